The highest BCUT2D eigenvalue weighted by molar-refractivity contribution is 6.35. The summed E-state index contributed by atoms with van der Waals surface area (Å²) in [5.41, 5.74) is 0.743. The Morgan fingerprint density at radius 2 is 2.15 bits per heavy atom. The van der Waals surface area contributed by atoms with Gasteiger partial charge in [0, 0.05) is 29.8 Å². The number of urea groups is 1. The number of benzene rings is 1. The summed E-state index contributed by atoms with van der Waals surface area (Å²) in [6.07, 6.45) is 1.29. The van der Waals surface area contributed by atoms with E-state index in [1.807, 2.05) is 0 Å². The van der Waals surface area contributed by atoms with Crippen LogP contribution in [-0.2, 0) is 11.3 Å². The summed E-state index contributed by atoms with van der Waals surface area (Å²) in [5.74, 6) is -1.12. The van der Waals surface area contributed by atoms with E-state index in [2.05, 4.69) is 10.3 Å². The highest BCUT2D eigenvalue weighted by Crippen LogP contribution is 2.25. The van der Waals surface area contributed by atoms with Gasteiger partial charge in [0.25, 0.3) is 0 Å². The fourth-order valence-corrected chi connectivity index (χ4v) is 3.18. The van der Waals surface area contributed by atoms with Crippen LogP contribution >= 0.6 is 23.2 Å². The third-order valence-electron chi connectivity index (χ3n) is 4.16. The summed E-state index contributed by atoms with van der Waals surface area (Å²) in [7, 11) is 1.50. The van der Waals surface area contributed by atoms with Gasteiger partial charge in [0.1, 0.15) is 11.7 Å². The van der Waals surface area contributed by atoms with Crippen LogP contribution in [0.25, 0.3) is 0 Å². The lowest BCUT2D eigenvalue weighted by molar-refractivity contribution is -0.124. The van der Waals surface area contributed by atoms with Crippen molar-refractivity contribution in [2.75, 3.05) is 18.5 Å². The second-order valence-corrected chi connectivity index (χ2v) is 6.63. The monoisotopic (exact) mass is 396 g/mol. The Kier molecular flexibility index (Phi) is 5.29. The predicted octanol–water partition coefficient (Wildman–Crippen LogP) is 3.08. The van der Waals surface area contributed by atoms with Crippen molar-refractivity contribution in [2.24, 2.45) is 0 Å². The molecule has 3 rings (SSSR count). The molecule has 0 spiro atoms. The molecule has 26 heavy (non-hydrogen) atoms. The smallest absolute Gasteiger partial charge is 0.325 e. The van der Waals surface area contributed by atoms with Crippen molar-refractivity contribution in [1.29, 1.82) is 0 Å². The molecule has 9 heteroatoms. The average molecular weight is 397 g/mol. The lowest BCUT2D eigenvalue weighted by Crippen LogP contribution is -2.43. The fraction of sp³-hybridized carbons (Fsp3) is 0.235. The van der Waals surface area contributed by atoms with E-state index >= 15 is 0 Å². The van der Waals surface area contributed by atoms with Gasteiger partial charge in [-0.25, -0.2) is 9.78 Å². The molecular formula is C17H15Cl2FN4O2. The standard InChI is InChI=1S/C17H15Cl2FN4O2/c1-23-14(9-24(17(23)26)13-3-2-6-21-15(13)20)16(25)22-8-10-4-5-11(18)7-12(10)19/h2-7,14H,8-9H2,1H3,(H,22,25). The number of pyridine rings is 1. The van der Waals surface area contributed by atoms with E-state index in [0.717, 1.165) is 0 Å². The van der Waals surface area contributed by atoms with Gasteiger partial charge in [-0.1, -0.05) is 29.3 Å². The number of anilines is 1. The maximum Gasteiger partial charge on any atom is 0.325 e. The Bertz CT molecular complexity index is 864. The molecule has 1 unspecified atom stereocenters. The van der Waals surface area contributed by atoms with Crippen LogP contribution in [-0.4, -0.2) is 41.5 Å². The first-order valence-corrected chi connectivity index (χ1v) is 8.50. The van der Waals surface area contributed by atoms with Gasteiger partial charge in [0.15, 0.2) is 0 Å². The van der Waals surface area contributed by atoms with Crippen molar-refractivity contribution in [3.05, 3.63) is 58.1 Å². The minimum absolute atomic E-state index is 0.0259. The van der Waals surface area contributed by atoms with Gasteiger partial charge < -0.3 is 10.2 Å². The third kappa shape index (κ3) is 3.59. The van der Waals surface area contributed by atoms with Crippen molar-refractivity contribution in [2.45, 2.75) is 12.6 Å². The van der Waals surface area contributed by atoms with E-state index in [4.69, 9.17) is 23.2 Å². The van der Waals surface area contributed by atoms with E-state index in [-0.39, 0.29) is 24.7 Å². The number of carbonyl (C=O) groups excluding carboxylic acids is 2. The van der Waals surface area contributed by atoms with Crippen molar-refractivity contribution in [3.8, 4) is 0 Å². The van der Waals surface area contributed by atoms with Crippen LogP contribution in [0.3, 0.4) is 0 Å². The van der Waals surface area contributed by atoms with Gasteiger partial charge in [-0.05, 0) is 29.8 Å². The third-order valence-corrected chi connectivity index (χ3v) is 4.74. The highest BCUT2D eigenvalue weighted by atomic mass is 35.5. The van der Waals surface area contributed by atoms with Crippen LogP contribution < -0.4 is 10.2 Å². The average Bonchev–Trinajstić information content (AvgIpc) is 2.90. The maximum absolute atomic E-state index is 13.9. The number of hydrogen-bond acceptors (Lipinski definition) is 3. The number of nitrogens with zero attached hydrogens (tertiary/aromatic N) is 3. The van der Waals surface area contributed by atoms with Crippen molar-refractivity contribution >= 4 is 40.8 Å². The molecule has 0 aliphatic carbocycles. The number of aromatic nitrogens is 1. The van der Waals surface area contributed by atoms with Gasteiger partial charge in [-0.2, -0.15) is 4.39 Å². The molecular weight excluding hydrogens is 382 g/mol. The van der Waals surface area contributed by atoms with Crippen molar-refractivity contribution in [3.63, 3.8) is 0 Å². The maximum atomic E-state index is 13.9. The predicted molar refractivity (Wildman–Crippen MR) is 96.8 cm³/mol. The molecule has 2 heterocycles. The summed E-state index contributed by atoms with van der Waals surface area (Å²) in [6, 6.07) is 6.72. The van der Waals surface area contributed by atoms with E-state index in [1.54, 1.807) is 18.2 Å². The lowest BCUT2D eigenvalue weighted by atomic mass is 10.2. The zero-order valence-electron chi connectivity index (χ0n) is 13.7. The Morgan fingerprint density at radius 1 is 1.38 bits per heavy atom. The molecule has 0 bridgehead atoms. The van der Waals surface area contributed by atoms with Gasteiger partial charge in [0.05, 0.1) is 6.54 Å². The molecule has 136 valence electrons. The van der Waals surface area contributed by atoms with Crippen molar-refractivity contribution < 1.29 is 14.0 Å². The van der Waals surface area contributed by atoms with Gasteiger partial charge in [0.2, 0.25) is 11.9 Å². The fourth-order valence-electron chi connectivity index (χ4n) is 2.70. The van der Waals surface area contributed by atoms with E-state index in [9.17, 15) is 14.0 Å². The molecule has 1 aliphatic rings. The molecule has 1 N–H and O–H groups in total. The Balaban J connectivity index is 1.70. The number of halogens is 3. The SMILES string of the molecule is CN1C(=O)N(c2cccnc2F)CC1C(=O)NCc1ccc(Cl)cc1Cl. The first kappa shape index (κ1) is 18.4. The first-order chi connectivity index (χ1) is 12.4. The number of amides is 3. The Hall–Kier alpha value is -2.38. The second kappa shape index (κ2) is 7.47. The molecule has 0 radical (unpaired) electrons. The van der Waals surface area contributed by atoms with E-state index < -0.39 is 18.0 Å². The molecule has 1 aliphatic heterocycles. The van der Waals surface area contributed by atoms with Crippen LogP contribution in [0.4, 0.5) is 14.9 Å². The van der Waals surface area contributed by atoms with Crippen molar-refractivity contribution in [1.82, 2.24) is 15.2 Å². The van der Waals surface area contributed by atoms with Gasteiger partial charge >= 0.3 is 6.03 Å². The number of rotatable bonds is 4. The molecule has 3 amide bonds. The largest absolute Gasteiger partial charge is 0.350 e. The number of nitrogens with one attached hydrogen (secondary N) is 1. The molecule has 1 fully saturated rings. The zero-order chi connectivity index (χ0) is 18.8. The van der Waals surface area contributed by atoms with Crippen LogP contribution in [0.1, 0.15) is 5.56 Å². The summed E-state index contributed by atoms with van der Waals surface area (Å²) in [6.45, 7) is 0.215. The molecule has 2 aromatic rings. The summed E-state index contributed by atoms with van der Waals surface area (Å²) >= 11 is 11.9. The molecule has 1 saturated heterocycles. The zero-order valence-corrected chi connectivity index (χ0v) is 15.3. The van der Waals surface area contributed by atoms with Gasteiger partial charge in [-0.3, -0.25) is 9.69 Å². The highest BCUT2D eigenvalue weighted by Gasteiger charge is 2.40. The normalized spacial score (nSPS) is 16.9. The summed E-state index contributed by atoms with van der Waals surface area (Å²) < 4.78 is 13.9. The van der Waals surface area contributed by atoms with E-state index in [0.29, 0.717) is 15.6 Å². The number of carbonyl (C=O) groups is 2. The first-order valence-electron chi connectivity index (χ1n) is 7.75. The molecule has 1 aromatic carbocycles. The number of likely N-dealkylation sites (N-methyl/N-ethyl adjacent to an activating group) is 1. The number of hydrogen-bond donors (Lipinski definition) is 1. The van der Waals surface area contributed by atoms with E-state index in [1.165, 1.54) is 35.2 Å². The lowest BCUT2D eigenvalue weighted by Gasteiger charge is -2.17. The summed E-state index contributed by atoms with van der Waals surface area (Å²) in [4.78, 5) is 30.9. The van der Waals surface area contributed by atoms with Crippen LogP contribution in [0.5, 0.6) is 0 Å². The second-order valence-electron chi connectivity index (χ2n) is 5.79. The van der Waals surface area contributed by atoms with Crippen LogP contribution in [0.2, 0.25) is 10.0 Å². The van der Waals surface area contributed by atoms with Crippen LogP contribution in [0.15, 0.2) is 36.5 Å². The van der Waals surface area contributed by atoms with Crippen LogP contribution in [0, 0.1) is 5.95 Å². The molecule has 0 saturated carbocycles. The quantitative estimate of drug-likeness (QED) is 0.807. The minimum atomic E-state index is -0.761. The van der Waals surface area contributed by atoms with Gasteiger partial charge in [-0.15, -0.1) is 0 Å². The Morgan fingerprint density at radius 3 is 2.85 bits per heavy atom. The molecule has 1 aromatic heterocycles. The topological polar surface area (TPSA) is 65.5 Å². The Labute approximate surface area is 159 Å². The summed E-state index contributed by atoms with van der Waals surface area (Å²) in [5, 5.41) is 3.68. The minimum Gasteiger partial charge on any atom is -0.350 e. The molecule has 1 atom stereocenters. The molecule has 6 nitrogen and oxygen atoms in total.